The molecule has 0 aromatic heterocycles. The lowest BCUT2D eigenvalue weighted by Gasteiger charge is -2.12. The van der Waals surface area contributed by atoms with E-state index in [0.717, 1.165) is 0 Å². The Labute approximate surface area is 101 Å². The molecule has 1 atom stereocenters. The second kappa shape index (κ2) is 5.91. The lowest BCUT2D eigenvalue weighted by Crippen LogP contribution is -2.36. The molecule has 3 nitrogen and oxygen atoms in total. The van der Waals surface area contributed by atoms with Crippen molar-refractivity contribution < 1.29 is 26.9 Å². The highest BCUT2D eigenvalue weighted by atomic mass is 31.1. The van der Waals surface area contributed by atoms with Gasteiger partial charge in [-0.15, -0.1) is 0 Å². The summed E-state index contributed by atoms with van der Waals surface area (Å²) >= 11 is 0. The predicted molar refractivity (Wildman–Crippen MR) is 57.3 cm³/mol. The number of hydrogen-bond donors (Lipinski definition) is 1. The fourth-order valence-electron chi connectivity index (χ4n) is 1.12. The van der Waals surface area contributed by atoms with E-state index < -0.39 is 18.3 Å². The van der Waals surface area contributed by atoms with Crippen molar-refractivity contribution in [1.82, 2.24) is 0 Å². The number of carbonyl (C=O) groups excluding carboxylic acids is 1. The molecule has 0 spiro atoms. The average Bonchev–Trinajstić information content (AvgIpc) is 2.30. The van der Waals surface area contributed by atoms with E-state index in [0.29, 0.717) is 5.56 Å². The molecule has 0 saturated carbocycles. The number of nitrogens with one attached hydrogen (secondary N) is 1. The number of carbonyl (C=O) groups is 1. The first kappa shape index (κ1) is 14.6. The first-order chi connectivity index (χ1) is 8.34. The van der Waals surface area contributed by atoms with Crippen molar-refractivity contribution in [2.75, 3.05) is 5.32 Å². The zero-order valence-corrected chi connectivity index (χ0v) is 9.76. The summed E-state index contributed by atoms with van der Waals surface area (Å²) in [7, 11) is -0.0966. The van der Waals surface area contributed by atoms with E-state index in [2.05, 4.69) is 0 Å². The largest absolute Gasteiger partial charge is 0.428 e. The van der Waals surface area contributed by atoms with Crippen LogP contribution in [0.3, 0.4) is 0 Å². The number of amides is 1. The number of benzene rings is 1. The Hall–Kier alpha value is -1.49. The van der Waals surface area contributed by atoms with E-state index in [-0.39, 0.29) is 20.3 Å². The van der Waals surface area contributed by atoms with Crippen molar-refractivity contribution in [2.45, 2.75) is 18.5 Å². The second-order valence-corrected chi connectivity index (χ2v) is 3.95. The zero-order valence-electron chi connectivity index (χ0n) is 8.87. The Kier molecular flexibility index (Phi) is 4.78. The van der Waals surface area contributed by atoms with Gasteiger partial charge < -0.3 is 5.32 Å². The highest BCUT2D eigenvalue weighted by molar-refractivity contribution is 7.22. The van der Waals surface area contributed by atoms with Crippen LogP contribution in [0.2, 0.25) is 0 Å². The zero-order chi connectivity index (χ0) is 13.8. The van der Waals surface area contributed by atoms with Crippen molar-refractivity contribution in [2.24, 2.45) is 0 Å². The third-order valence-electron chi connectivity index (χ3n) is 1.99. The number of anilines is 1. The molecular formula is C10H8F4NO2P. The first-order valence-electron chi connectivity index (χ1n) is 4.74. The minimum atomic E-state index is -5.22. The van der Waals surface area contributed by atoms with Crippen molar-refractivity contribution in [3.8, 4) is 0 Å². The van der Waals surface area contributed by atoms with Crippen LogP contribution in [0.25, 0.3) is 0 Å². The first-order valence-corrected chi connectivity index (χ1v) is 5.74. The summed E-state index contributed by atoms with van der Waals surface area (Å²) in [6.07, 6.45) is -8.52. The van der Waals surface area contributed by atoms with Crippen LogP contribution >= 0.6 is 8.46 Å². The van der Waals surface area contributed by atoms with E-state index in [1.165, 1.54) is 24.3 Å². The van der Waals surface area contributed by atoms with Gasteiger partial charge in [0.1, 0.15) is 0 Å². The third-order valence-corrected chi connectivity index (χ3v) is 2.48. The molecule has 0 aliphatic carbocycles. The highest BCUT2D eigenvalue weighted by Gasteiger charge is 2.45. The van der Waals surface area contributed by atoms with Crippen LogP contribution in [0.1, 0.15) is 5.56 Å². The molecule has 0 aliphatic heterocycles. The van der Waals surface area contributed by atoms with Crippen LogP contribution in [0, 0.1) is 0 Å². The van der Waals surface area contributed by atoms with Gasteiger partial charge in [-0.1, -0.05) is 12.1 Å². The van der Waals surface area contributed by atoms with Gasteiger partial charge in [0.15, 0.2) is 8.46 Å². The molecule has 0 radical (unpaired) electrons. The number of rotatable bonds is 4. The molecule has 1 amide bonds. The molecule has 1 rings (SSSR count). The standard InChI is InChI=1S/C10H8F4NO2P/c11-8(10(12,13)14)9(16)15-7-3-1-6(2-4-7)5-18-17/h1-4,8H,5H2,(H,15,16). The summed E-state index contributed by atoms with van der Waals surface area (Å²) in [5.41, 5.74) is 0.718. The molecule has 1 aromatic carbocycles. The molecule has 8 heteroatoms. The van der Waals surface area contributed by atoms with E-state index in [9.17, 15) is 26.9 Å². The molecule has 0 heterocycles. The summed E-state index contributed by atoms with van der Waals surface area (Å²) < 4.78 is 58.6. The Morgan fingerprint density at radius 1 is 1.28 bits per heavy atom. The van der Waals surface area contributed by atoms with Gasteiger partial charge >= 0.3 is 6.18 Å². The fourth-order valence-corrected chi connectivity index (χ4v) is 1.48. The quantitative estimate of drug-likeness (QED) is 0.679. The Balaban J connectivity index is 2.67. The van der Waals surface area contributed by atoms with Gasteiger partial charge in [0.25, 0.3) is 12.1 Å². The summed E-state index contributed by atoms with van der Waals surface area (Å²) in [5, 5.41) is 1.80. The molecule has 0 fully saturated rings. The van der Waals surface area contributed by atoms with Crippen LogP contribution in [0.5, 0.6) is 0 Å². The van der Waals surface area contributed by atoms with Gasteiger partial charge in [-0.25, -0.2) is 4.39 Å². The van der Waals surface area contributed by atoms with Crippen molar-refractivity contribution in [1.29, 1.82) is 0 Å². The summed E-state index contributed by atoms with van der Waals surface area (Å²) in [5.74, 6) is -1.77. The molecular weight excluding hydrogens is 273 g/mol. The lowest BCUT2D eigenvalue weighted by atomic mass is 10.2. The molecule has 0 bridgehead atoms. The van der Waals surface area contributed by atoms with Crippen LogP contribution < -0.4 is 5.32 Å². The minimum Gasteiger partial charge on any atom is -0.323 e. The second-order valence-electron chi connectivity index (χ2n) is 3.38. The van der Waals surface area contributed by atoms with Gasteiger partial charge in [0.2, 0.25) is 0 Å². The average molecular weight is 281 g/mol. The Bertz CT molecular complexity index is 432. The normalized spacial score (nSPS) is 13.3. The smallest absolute Gasteiger partial charge is 0.323 e. The van der Waals surface area contributed by atoms with Crippen LogP contribution in [0.4, 0.5) is 23.2 Å². The maximum Gasteiger partial charge on any atom is 0.428 e. The summed E-state index contributed by atoms with van der Waals surface area (Å²) in [6.45, 7) is 0. The molecule has 0 saturated heterocycles. The van der Waals surface area contributed by atoms with Gasteiger partial charge in [0, 0.05) is 5.69 Å². The van der Waals surface area contributed by atoms with Crippen LogP contribution in [-0.2, 0) is 15.5 Å². The van der Waals surface area contributed by atoms with Crippen molar-refractivity contribution in [3.63, 3.8) is 0 Å². The van der Waals surface area contributed by atoms with Crippen LogP contribution in [0.15, 0.2) is 24.3 Å². The molecule has 1 aromatic rings. The van der Waals surface area contributed by atoms with Crippen molar-refractivity contribution >= 4 is 20.1 Å². The van der Waals surface area contributed by atoms with Crippen LogP contribution in [-0.4, -0.2) is 18.3 Å². The highest BCUT2D eigenvalue weighted by Crippen LogP contribution is 2.24. The van der Waals surface area contributed by atoms with E-state index in [4.69, 9.17) is 0 Å². The molecule has 0 aliphatic rings. The van der Waals surface area contributed by atoms with E-state index >= 15 is 0 Å². The molecule has 98 valence electrons. The Morgan fingerprint density at radius 2 is 1.83 bits per heavy atom. The molecule has 1 N–H and O–H groups in total. The number of halogens is 4. The lowest BCUT2D eigenvalue weighted by molar-refractivity contribution is -0.183. The third kappa shape index (κ3) is 4.07. The minimum absolute atomic E-state index is 0.0400. The van der Waals surface area contributed by atoms with Gasteiger partial charge in [-0.05, 0) is 17.7 Å². The van der Waals surface area contributed by atoms with Gasteiger partial charge in [0.05, 0.1) is 6.16 Å². The number of hydrogen-bond acceptors (Lipinski definition) is 2. The monoisotopic (exact) mass is 281 g/mol. The SMILES string of the molecule is O=PCc1ccc(NC(=O)C(F)C(F)(F)F)cc1. The topological polar surface area (TPSA) is 46.2 Å². The van der Waals surface area contributed by atoms with E-state index in [1.54, 1.807) is 5.32 Å². The molecule has 1 unspecified atom stereocenters. The maximum atomic E-state index is 12.6. The Morgan fingerprint density at radius 3 is 2.28 bits per heavy atom. The summed E-state index contributed by atoms with van der Waals surface area (Å²) in [4.78, 5) is 10.9. The predicted octanol–water partition coefficient (Wildman–Crippen LogP) is 3.32. The van der Waals surface area contributed by atoms with Gasteiger partial charge in [-0.3, -0.25) is 9.36 Å². The number of alkyl halides is 4. The molecule has 18 heavy (non-hydrogen) atoms. The van der Waals surface area contributed by atoms with E-state index in [1.807, 2.05) is 0 Å². The maximum absolute atomic E-state index is 12.6. The van der Waals surface area contributed by atoms with Crippen molar-refractivity contribution in [3.05, 3.63) is 29.8 Å². The summed E-state index contributed by atoms with van der Waals surface area (Å²) in [6, 6.07) is 5.56. The fraction of sp³-hybridized carbons (Fsp3) is 0.300. The van der Waals surface area contributed by atoms with Gasteiger partial charge in [-0.2, -0.15) is 13.2 Å².